The minimum atomic E-state index is -0.813. The predicted molar refractivity (Wildman–Crippen MR) is 83.8 cm³/mol. The van der Waals surface area contributed by atoms with Gasteiger partial charge in [0.2, 0.25) is 0 Å². The molecular formula is C13H18N2O3S2. The zero-order valence-corrected chi connectivity index (χ0v) is 13.4. The average molecular weight is 314 g/mol. The first-order valence-electron chi connectivity index (χ1n) is 6.30. The number of aromatic amines is 1. The molecule has 1 atom stereocenters. The van der Waals surface area contributed by atoms with E-state index in [2.05, 4.69) is 4.98 Å². The van der Waals surface area contributed by atoms with Gasteiger partial charge in [-0.15, -0.1) is 0 Å². The van der Waals surface area contributed by atoms with Gasteiger partial charge in [0.1, 0.15) is 0 Å². The topological polar surface area (TPSA) is 56.2 Å². The summed E-state index contributed by atoms with van der Waals surface area (Å²) in [5.74, 6) is 2.55. The highest BCUT2D eigenvalue weighted by molar-refractivity contribution is 7.84. The molecule has 7 heteroatoms. The molecule has 0 radical (unpaired) electrons. The number of benzene rings is 1. The highest BCUT2D eigenvalue weighted by Gasteiger charge is 2.11. The minimum Gasteiger partial charge on any atom is -0.493 e. The van der Waals surface area contributed by atoms with Gasteiger partial charge in [0.15, 0.2) is 16.3 Å². The lowest BCUT2D eigenvalue weighted by molar-refractivity contribution is 0.355. The number of hydrogen-bond acceptors (Lipinski definition) is 4. The van der Waals surface area contributed by atoms with Crippen molar-refractivity contribution in [3.63, 3.8) is 0 Å². The number of ether oxygens (including phenoxy) is 2. The molecule has 0 saturated carbocycles. The average Bonchev–Trinajstić information content (AvgIpc) is 2.77. The van der Waals surface area contributed by atoms with Gasteiger partial charge in [-0.2, -0.15) is 0 Å². The Bertz CT molecular complexity index is 691. The van der Waals surface area contributed by atoms with E-state index in [0.717, 1.165) is 11.0 Å². The van der Waals surface area contributed by atoms with Gasteiger partial charge >= 0.3 is 0 Å². The second kappa shape index (κ2) is 6.41. The quantitative estimate of drug-likeness (QED) is 0.832. The monoisotopic (exact) mass is 314 g/mol. The van der Waals surface area contributed by atoms with Crippen LogP contribution in [0.25, 0.3) is 11.0 Å². The number of hydrogen-bond donors (Lipinski definition) is 1. The maximum Gasteiger partial charge on any atom is 0.178 e. The second-order valence-electron chi connectivity index (χ2n) is 4.24. The van der Waals surface area contributed by atoms with Gasteiger partial charge in [0.25, 0.3) is 0 Å². The van der Waals surface area contributed by atoms with E-state index >= 15 is 0 Å². The van der Waals surface area contributed by atoms with Crippen molar-refractivity contribution in [1.29, 1.82) is 0 Å². The molecule has 110 valence electrons. The third kappa shape index (κ3) is 2.88. The normalized spacial score (nSPS) is 12.6. The summed E-state index contributed by atoms with van der Waals surface area (Å²) in [6.45, 7) is 2.53. The molecule has 0 aliphatic heterocycles. The molecule has 0 bridgehead atoms. The van der Waals surface area contributed by atoms with Gasteiger partial charge in [-0.3, -0.25) is 4.21 Å². The van der Waals surface area contributed by atoms with E-state index in [1.165, 1.54) is 0 Å². The third-order valence-corrected chi connectivity index (χ3v) is 4.75. The van der Waals surface area contributed by atoms with Crippen LogP contribution in [-0.4, -0.2) is 39.5 Å². The Balaban J connectivity index is 2.47. The van der Waals surface area contributed by atoms with E-state index in [-0.39, 0.29) is 0 Å². The molecule has 0 amide bonds. The van der Waals surface area contributed by atoms with Gasteiger partial charge in [0, 0.05) is 41.0 Å². The van der Waals surface area contributed by atoms with Crippen LogP contribution in [0.4, 0.5) is 0 Å². The van der Waals surface area contributed by atoms with Gasteiger partial charge in [-0.25, -0.2) is 0 Å². The first-order valence-corrected chi connectivity index (χ1v) is 8.19. The van der Waals surface area contributed by atoms with Crippen LogP contribution in [0.2, 0.25) is 0 Å². The Kier molecular flexibility index (Phi) is 4.82. The number of fused-ring (bicyclic) bond motifs is 1. The van der Waals surface area contributed by atoms with Crippen LogP contribution in [0.15, 0.2) is 12.1 Å². The van der Waals surface area contributed by atoms with Gasteiger partial charge in [0.05, 0.1) is 25.3 Å². The summed E-state index contributed by atoms with van der Waals surface area (Å²) in [7, 11) is 2.38. The number of methoxy groups -OCH3 is 2. The van der Waals surface area contributed by atoms with Crippen molar-refractivity contribution < 1.29 is 13.7 Å². The molecule has 0 fully saturated rings. The smallest absolute Gasteiger partial charge is 0.178 e. The number of aromatic nitrogens is 2. The summed E-state index contributed by atoms with van der Waals surface area (Å²) in [5, 5.41) is 0. The first kappa shape index (κ1) is 15.1. The summed E-state index contributed by atoms with van der Waals surface area (Å²) in [6, 6.07) is 3.74. The minimum absolute atomic E-state index is 0.589. The van der Waals surface area contributed by atoms with Crippen molar-refractivity contribution in [3.8, 4) is 11.5 Å². The first-order chi connectivity index (χ1) is 9.60. The summed E-state index contributed by atoms with van der Waals surface area (Å²) in [5.41, 5.74) is 1.82. The largest absolute Gasteiger partial charge is 0.493 e. The molecule has 5 nitrogen and oxygen atoms in total. The van der Waals surface area contributed by atoms with Crippen molar-refractivity contribution in [3.05, 3.63) is 16.9 Å². The molecule has 0 aliphatic rings. The standard InChI is InChI=1S/C13H18N2O3S2/c1-4-20(16)6-5-15-10-8-12(18-3)11(17-2)7-9(10)14-13(15)19/h7-8H,4-6H2,1-3H3,(H,14,19). The SMILES string of the molecule is CCS(=O)CCn1c(=S)[nH]c2cc(OC)c(OC)cc21. The molecule has 2 rings (SSSR count). The fourth-order valence-corrected chi connectivity index (χ4v) is 3.02. The van der Waals surface area contributed by atoms with Gasteiger partial charge < -0.3 is 19.0 Å². The van der Waals surface area contributed by atoms with Crippen LogP contribution >= 0.6 is 12.2 Å². The Morgan fingerprint density at radius 3 is 2.55 bits per heavy atom. The molecule has 1 unspecified atom stereocenters. The molecule has 0 aliphatic carbocycles. The van der Waals surface area contributed by atoms with Crippen molar-refractivity contribution in [2.24, 2.45) is 0 Å². The fraction of sp³-hybridized carbons (Fsp3) is 0.462. The molecule has 2 aromatic rings. The molecule has 20 heavy (non-hydrogen) atoms. The highest BCUT2D eigenvalue weighted by Crippen LogP contribution is 2.31. The summed E-state index contributed by atoms with van der Waals surface area (Å²) < 4.78 is 24.7. The zero-order valence-electron chi connectivity index (χ0n) is 11.8. The van der Waals surface area contributed by atoms with Gasteiger partial charge in [-0.1, -0.05) is 6.92 Å². The molecule has 1 N–H and O–H groups in total. The van der Waals surface area contributed by atoms with Gasteiger partial charge in [-0.05, 0) is 12.2 Å². The molecule has 1 aromatic carbocycles. The molecule has 0 saturated heterocycles. The van der Waals surface area contributed by atoms with E-state index in [4.69, 9.17) is 21.7 Å². The Morgan fingerprint density at radius 2 is 1.95 bits per heavy atom. The van der Waals surface area contributed by atoms with Crippen molar-refractivity contribution >= 4 is 34.1 Å². The summed E-state index contributed by atoms with van der Waals surface area (Å²) >= 11 is 5.33. The lowest BCUT2D eigenvalue weighted by Crippen LogP contribution is -2.09. The fourth-order valence-electron chi connectivity index (χ4n) is 2.04. The summed E-state index contributed by atoms with van der Waals surface area (Å²) in [6.07, 6.45) is 0. The van der Waals surface area contributed by atoms with Crippen LogP contribution < -0.4 is 9.47 Å². The maximum atomic E-state index is 11.6. The summed E-state index contributed by atoms with van der Waals surface area (Å²) in [4.78, 5) is 3.14. The number of nitrogens with one attached hydrogen (secondary N) is 1. The lowest BCUT2D eigenvalue weighted by Gasteiger charge is -2.09. The van der Waals surface area contributed by atoms with Crippen molar-refractivity contribution in [2.75, 3.05) is 25.7 Å². The molecule has 1 aromatic heterocycles. The number of aryl methyl sites for hydroxylation is 1. The maximum absolute atomic E-state index is 11.6. The number of rotatable bonds is 6. The zero-order chi connectivity index (χ0) is 14.7. The highest BCUT2D eigenvalue weighted by atomic mass is 32.2. The van der Waals surface area contributed by atoms with Crippen molar-refractivity contribution in [2.45, 2.75) is 13.5 Å². The Morgan fingerprint density at radius 1 is 1.30 bits per heavy atom. The van der Waals surface area contributed by atoms with E-state index in [9.17, 15) is 4.21 Å². The molecular weight excluding hydrogens is 296 g/mol. The third-order valence-electron chi connectivity index (χ3n) is 3.14. The Hall–Kier alpha value is -1.34. The molecule has 1 heterocycles. The number of nitrogens with zero attached hydrogens (tertiary/aromatic N) is 1. The number of imidazole rings is 1. The van der Waals surface area contributed by atoms with E-state index in [0.29, 0.717) is 34.3 Å². The second-order valence-corrected chi connectivity index (χ2v) is 6.49. The van der Waals surface area contributed by atoms with Crippen molar-refractivity contribution in [1.82, 2.24) is 9.55 Å². The lowest BCUT2D eigenvalue weighted by atomic mass is 10.2. The van der Waals surface area contributed by atoms with E-state index in [1.807, 2.05) is 23.6 Å². The van der Waals surface area contributed by atoms with Crippen LogP contribution in [-0.2, 0) is 17.3 Å². The van der Waals surface area contributed by atoms with E-state index in [1.54, 1.807) is 14.2 Å². The molecule has 0 spiro atoms. The van der Waals surface area contributed by atoms with Crippen LogP contribution in [0.5, 0.6) is 11.5 Å². The Labute approximate surface area is 125 Å². The van der Waals surface area contributed by atoms with Crippen LogP contribution in [0.1, 0.15) is 6.92 Å². The number of H-pyrrole nitrogens is 1. The van der Waals surface area contributed by atoms with Crippen LogP contribution in [0, 0.1) is 4.77 Å². The van der Waals surface area contributed by atoms with Crippen LogP contribution in [0.3, 0.4) is 0 Å². The van der Waals surface area contributed by atoms with E-state index < -0.39 is 10.8 Å². The predicted octanol–water partition coefficient (Wildman–Crippen LogP) is 2.48.